The standard InChI is InChI=1S/C14H20N2S/c1-3-16-12(10-17-4-2)8-13-11(9-15)6-5-7-14(13)16/h5-8H,3-4,9-10,15H2,1-2H3. The van der Waals surface area contributed by atoms with Gasteiger partial charge in [0.2, 0.25) is 0 Å². The third-order valence-corrected chi connectivity index (χ3v) is 4.02. The lowest BCUT2D eigenvalue weighted by Gasteiger charge is -2.07. The molecule has 0 aliphatic heterocycles. The van der Waals surface area contributed by atoms with Crippen LogP contribution in [-0.2, 0) is 18.8 Å². The van der Waals surface area contributed by atoms with E-state index in [1.54, 1.807) is 0 Å². The molecule has 0 amide bonds. The molecule has 2 aromatic rings. The molecular formula is C14H20N2S. The minimum atomic E-state index is 0.616. The number of benzene rings is 1. The largest absolute Gasteiger partial charge is 0.344 e. The molecule has 0 fully saturated rings. The highest BCUT2D eigenvalue weighted by atomic mass is 32.2. The maximum atomic E-state index is 5.80. The molecule has 0 spiro atoms. The average Bonchev–Trinajstić information content (AvgIpc) is 2.73. The molecule has 0 unspecified atom stereocenters. The van der Waals surface area contributed by atoms with E-state index in [0.29, 0.717) is 6.54 Å². The predicted octanol–water partition coefficient (Wildman–Crippen LogP) is 3.37. The van der Waals surface area contributed by atoms with Gasteiger partial charge in [-0.2, -0.15) is 11.8 Å². The summed E-state index contributed by atoms with van der Waals surface area (Å²) in [6, 6.07) is 8.73. The van der Waals surface area contributed by atoms with Gasteiger partial charge in [0.1, 0.15) is 0 Å². The first kappa shape index (κ1) is 12.5. The topological polar surface area (TPSA) is 30.9 Å². The zero-order valence-electron chi connectivity index (χ0n) is 10.6. The van der Waals surface area contributed by atoms with Crippen molar-refractivity contribution in [3.63, 3.8) is 0 Å². The zero-order valence-corrected chi connectivity index (χ0v) is 11.4. The molecule has 1 aromatic heterocycles. The second-order valence-corrected chi connectivity index (χ2v) is 5.35. The van der Waals surface area contributed by atoms with Crippen LogP contribution in [0.15, 0.2) is 24.3 Å². The highest BCUT2D eigenvalue weighted by Gasteiger charge is 2.09. The summed E-state index contributed by atoms with van der Waals surface area (Å²) in [6.45, 7) is 6.05. The third-order valence-electron chi connectivity index (χ3n) is 3.11. The summed E-state index contributed by atoms with van der Waals surface area (Å²) in [5.74, 6) is 2.25. The molecule has 92 valence electrons. The van der Waals surface area contributed by atoms with Gasteiger partial charge in [-0.15, -0.1) is 0 Å². The number of rotatable bonds is 5. The van der Waals surface area contributed by atoms with Crippen LogP contribution in [0.3, 0.4) is 0 Å². The lowest BCUT2D eigenvalue weighted by Crippen LogP contribution is -1.99. The molecule has 0 saturated carbocycles. The molecule has 0 atom stereocenters. The number of nitrogens with zero attached hydrogens (tertiary/aromatic N) is 1. The Labute approximate surface area is 107 Å². The van der Waals surface area contributed by atoms with E-state index in [0.717, 1.165) is 18.1 Å². The Hall–Kier alpha value is -0.930. The van der Waals surface area contributed by atoms with Gasteiger partial charge in [0.15, 0.2) is 0 Å². The number of hydrogen-bond donors (Lipinski definition) is 1. The summed E-state index contributed by atoms with van der Waals surface area (Å²) >= 11 is 1.97. The first-order valence-corrected chi connectivity index (χ1v) is 7.35. The normalized spacial score (nSPS) is 11.2. The molecule has 17 heavy (non-hydrogen) atoms. The lowest BCUT2D eigenvalue weighted by atomic mass is 10.1. The first-order chi connectivity index (χ1) is 8.31. The third kappa shape index (κ3) is 2.35. The number of aromatic nitrogens is 1. The van der Waals surface area contributed by atoms with Crippen molar-refractivity contribution in [1.29, 1.82) is 0 Å². The van der Waals surface area contributed by atoms with Crippen molar-refractivity contribution >= 4 is 22.7 Å². The van der Waals surface area contributed by atoms with E-state index in [9.17, 15) is 0 Å². The van der Waals surface area contributed by atoms with Gasteiger partial charge in [-0.3, -0.25) is 0 Å². The van der Waals surface area contributed by atoms with Gasteiger partial charge in [0, 0.05) is 35.4 Å². The first-order valence-electron chi connectivity index (χ1n) is 6.19. The molecular weight excluding hydrogens is 228 g/mol. The monoisotopic (exact) mass is 248 g/mol. The van der Waals surface area contributed by atoms with Crippen molar-refractivity contribution in [3.05, 3.63) is 35.5 Å². The van der Waals surface area contributed by atoms with Crippen LogP contribution in [0.4, 0.5) is 0 Å². The van der Waals surface area contributed by atoms with Crippen LogP contribution in [0, 0.1) is 0 Å². The number of fused-ring (bicyclic) bond motifs is 1. The summed E-state index contributed by atoms with van der Waals surface area (Å²) < 4.78 is 2.40. The second kappa shape index (κ2) is 5.61. The summed E-state index contributed by atoms with van der Waals surface area (Å²) in [7, 11) is 0. The Bertz CT molecular complexity index is 502. The molecule has 2 rings (SSSR count). The van der Waals surface area contributed by atoms with Crippen molar-refractivity contribution in [2.45, 2.75) is 32.7 Å². The minimum absolute atomic E-state index is 0.616. The van der Waals surface area contributed by atoms with Crippen molar-refractivity contribution in [3.8, 4) is 0 Å². The predicted molar refractivity (Wildman–Crippen MR) is 77.3 cm³/mol. The van der Waals surface area contributed by atoms with Gasteiger partial charge >= 0.3 is 0 Å². The summed E-state index contributed by atoms with van der Waals surface area (Å²) in [4.78, 5) is 0. The molecule has 2 nitrogen and oxygen atoms in total. The molecule has 3 heteroatoms. The Balaban J connectivity index is 2.53. The maximum Gasteiger partial charge on any atom is 0.0485 e. The number of thioether (sulfide) groups is 1. The molecule has 0 bridgehead atoms. The second-order valence-electron chi connectivity index (χ2n) is 4.07. The Morgan fingerprint density at radius 1 is 1.29 bits per heavy atom. The summed E-state index contributed by atoms with van der Waals surface area (Å²) in [6.07, 6.45) is 0. The summed E-state index contributed by atoms with van der Waals surface area (Å²) in [5, 5.41) is 1.32. The van der Waals surface area contributed by atoms with Gasteiger partial charge < -0.3 is 10.3 Å². The van der Waals surface area contributed by atoms with Crippen LogP contribution >= 0.6 is 11.8 Å². The van der Waals surface area contributed by atoms with E-state index >= 15 is 0 Å². The van der Waals surface area contributed by atoms with Crippen molar-refractivity contribution < 1.29 is 0 Å². The van der Waals surface area contributed by atoms with E-state index < -0.39 is 0 Å². The molecule has 2 N–H and O–H groups in total. The Morgan fingerprint density at radius 2 is 2.12 bits per heavy atom. The zero-order chi connectivity index (χ0) is 12.3. The van der Waals surface area contributed by atoms with Gasteiger partial charge in [0.25, 0.3) is 0 Å². The lowest BCUT2D eigenvalue weighted by molar-refractivity contribution is 0.765. The number of nitrogens with two attached hydrogens (primary N) is 1. The van der Waals surface area contributed by atoms with E-state index in [1.807, 2.05) is 11.8 Å². The van der Waals surface area contributed by atoms with Crippen LogP contribution in [0.2, 0.25) is 0 Å². The smallest absolute Gasteiger partial charge is 0.0485 e. The number of hydrogen-bond acceptors (Lipinski definition) is 2. The molecule has 0 aliphatic rings. The number of aryl methyl sites for hydroxylation is 1. The average molecular weight is 248 g/mol. The van der Waals surface area contributed by atoms with E-state index in [4.69, 9.17) is 5.73 Å². The fraction of sp³-hybridized carbons (Fsp3) is 0.429. The molecule has 0 saturated heterocycles. The van der Waals surface area contributed by atoms with Gasteiger partial charge in [0.05, 0.1) is 0 Å². The van der Waals surface area contributed by atoms with Gasteiger partial charge in [-0.25, -0.2) is 0 Å². The van der Waals surface area contributed by atoms with E-state index in [-0.39, 0.29) is 0 Å². The van der Waals surface area contributed by atoms with Crippen LogP contribution in [0.5, 0.6) is 0 Å². The maximum absolute atomic E-state index is 5.80. The Kier molecular flexibility index (Phi) is 4.13. The summed E-state index contributed by atoms with van der Waals surface area (Å²) in [5.41, 5.74) is 9.78. The van der Waals surface area contributed by atoms with Crippen LogP contribution in [0.1, 0.15) is 25.1 Å². The molecule has 0 radical (unpaired) electrons. The van der Waals surface area contributed by atoms with Crippen molar-refractivity contribution in [2.24, 2.45) is 5.73 Å². The Morgan fingerprint density at radius 3 is 2.76 bits per heavy atom. The van der Waals surface area contributed by atoms with Gasteiger partial charge in [-0.1, -0.05) is 19.1 Å². The molecule has 1 aromatic carbocycles. The van der Waals surface area contributed by atoms with E-state index in [2.05, 4.69) is 42.7 Å². The van der Waals surface area contributed by atoms with Crippen LogP contribution in [-0.4, -0.2) is 10.3 Å². The quantitative estimate of drug-likeness (QED) is 0.879. The van der Waals surface area contributed by atoms with Crippen molar-refractivity contribution in [1.82, 2.24) is 4.57 Å². The highest BCUT2D eigenvalue weighted by Crippen LogP contribution is 2.26. The molecule has 0 aliphatic carbocycles. The van der Waals surface area contributed by atoms with Gasteiger partial charge in [-0.05, 0) is 30.4 Å². The van der Waals surface area contributed by atoms with E-state index in [1.165, 1.54) is 22.2 Å². The minimum Gasteiger partial charge on any atom is -0.344 e. The fourth-order valence-corrected chi connectivity index (χ4v) is 2.93. The SMILES string of the molecule is CCSCc1cc2c(CN)cccc2n1CC. The van der Waals surface area contributed by atoms with Crippen molar-refractivity contribution in [2.75, 3.05) is 5.75 Å². The van der Waals surface area contributed by atoms with Crippen LogP contribution < -0.4 is 5.73 Å². The van der Waals surface area contributed by atoms with Crippen LogP contribution in [0.25, 0.3) is 10.9 Å². The highest BCUT2D eigenvalue weighted by molar-refractivity contribution is 7.98. The fourth-order valence-electron chi connectivity index (χ4n) is 2.28. The molecule has 1 heterocycles.